The fourth-order valence-corrected chi connectivity index (χ4v) is 9.20. The zero-order valence-corrected chi connectivity index (χ0v) is 41.9. The molecule has 1 aromatic rings. The Kier molecular flexibility index (Phi) is 25.1. The molecule has 61 heavy (non-hydrogen) atoms. The van der Waals surface area contributed by atoms with Gasteiger partial charge >= 0.3 is 18.2 Å². The summed E-state index contributed by atoms with van der Waals surface area (Å²) in [4.78, 5) is 79.8. The maximum absolute atomic E-state index is 14.6. The predicted molar refractivity (Wildman–Crippen MR) is 244 cm³/mol. The Morgan fingerprint density at radius 2 is 1.52 bits per heavy atom. The van der Waals surface area contributed by atoms with Crippen LogP contribution in [0.15, 0.2) is 35.9 Å². The molecule has 0 bridgehead atoms. The number of amides is 2. The first-order valence-corrected chi connectivity index (χ1v) is 24.7. The average Bonchev–Trinajstić information content (AvgIpc) is 3.19. The molecular formula is C38H54Br3ClN3O14PS. The van der Waals surface area contributed by atoms with Crippen LogP contribution < -0.4 is 5.32 Å². The molecule has 23 heteroatoms. The number of benzene rings is 1. The van der Waals surface area contributed by atoms with Gasteiger partial charge in [-0.1, -0.05) is 125 Å². The van der Waals surface area contributed by atoms with Gasteiger partial charge in [0.15, 0.2) is 7.26 Å². The molecule has 1 saturated heterocycles. The van der Waals surface area contributed by atoms with Crippen molar-refractivity contribution in [1.29, 1.82) is 0 Å². The van der Waals surface area contributed by atoms with Crippen molar-refractivity contribution < 1.29 is 61.4 Å². The molecule has 0 aliphatic carbocycles. The number of nitro groups is 1. The molecule has 1 N–H and O–H groups in total. The van der Waals surface area contributed by atoms with Crippen LogP contribution >= 0.6 is 78.7 Å². The van der Waals surface area contributed by atoms with E-state index >= 15 is 0 Å². The number of hydrogen-bond acceptors (Lipinski definition) is 15. The fraction of sp³-hybridized carbons (Fsp3) is 0.632. The Morgan fingerprint density at radius 3 is 2.02 bits per heavy atom. The summed E-state index contributed by atoms with van der Waals surface area (Å²) in [5.41, 5.74) is -0.143. The summed E-state index contributed by atoms with van der Waals surface area (Å²) in [6, 6.07) is 4.25. The molecule has 17 nitrogen and oxygen atoms in total. The SMILES string of the molecule is C=C(Cl)COC(=O)OC(C)C1C(=O)N(C(C(=O)OCc2ccc([N+](=O)[O-])cc2)=P(OCCCC)(OCCCC)OCCCC)C1CC(=O)SC(C)CNC(=O)OCC(Br)(Br)Br. The second-order valence-corrected chi connectivity index (χ2v) is 25.1. The number of unbranched alkanes of at least 4 members (excludes halogenated alkanes) is 3. The van der Waals surface area contributed by atoms with Gasteiger partial charge in [-0.25, -0.2) is 14.4 Å². The van der Waals surface area contributed by atoms with E-state index in [0.29, 0.717) is 44.1 Å². The van der Waals surface area contributed by atoms with Crippen molar-refractivity contribution in [2.24, 2.45) is 5.92 Å². The van der Waals surface area contributed by atoms with Gasteiger partial charge in [-0.2, -0.15) is 0 Å². The van der Waals surface area contributed by atoms with Crippen molar-refractivity contribution in [3.8, 4) is 0 Å². The van der Waals surface area contributed by atoms with Gasteiger partial charge < -0.3 is 37.8 Å². The van der Waals surface area contributed by atoms with Gasteiger partial charge in [-0.15, -0.1) is 0 Å². The Hall–Kier alpha value is -2.23. The summed E-state index contributed by atoms with van der Waals surface area (Å²) < 4.78 is 40.0. The van der Waals surface area contributed by atoms with Crippen LogP contribution in [-0.4, -0.2) is 104 Å². The van der Waals surface area contributed by atoms with E-state index in [0.717, 1.165) is 16.7 Å². The second kappa shape index (κ2) is 27.8. The summed E-state index contributed by atoms with van der Waals surface area (Å²) in [5, 5.41) is 13.0. The number of likely N-dealkylation sites (tertiary alicyclic amines) is 1. The summed E-state index contributed by atoms with van der Waals surface area (Å²) in [6.07, 6.45) is 0.326. The Labute approximate surface area is 391 Å². The van der Waals surface area contributed by atoms with Crippen molar-refractivity contribution in [3.63, 3.8) is 0 Å². The molecule has 1 aromatic carbocycles. The predicted octanol–water partition coefficient (Wildman–Crippen LogP) is 9.70. The topological polar surface area (TPSA) is 208 Å². The number of carbonyl (C=O) groups is 5. The number of halogens is 4. The number of non-ortho nitro benzene ring substituents is 1. The lowest BCUT2D eigenvalue weighted by Crippen LogP contribution is -2.68. The second-order valence-electron chi connectivity index (χ2n) is 13.6. The molecule has 344 valence electrons. The van der Waals surface area contributed by atoms with Crippen molar-refractivity contribution in [1.82, 2.24) is 10.2 Å². The molecular weight excluding hydrogens is 1060 g/mol. The Morgan fingerprint density at radius 1 is 0.967 bits per heavy atom. The van der Waals surface area contributed by atoms with E-state index in [1.807, 2.05) is 20.8 Å². The van der Waals surface area contributed by atoms with Gasteiger partial charge in [0, 0.05) is 35.4 Å². The lowest BCUT2D eigenvalue weighted by Gasteiger charge is -2.49. The first kappa shape index (κ1) is 54.9. The van der Waals surface area contributed by atoms with Gasteiger partial charge in [0.1, 0.15) is 25.9 Å². The number of carbonyl (C=O) groups excluding carboxylic acids is 5. The van der Waals surface area contributed by atoms with Gasteiger partial charge in [0.05, 0.1) is 36.7 Å². The highest BCUT2D eigenvalue weighted by Gasteiger charge is 2.57. The molecule has 0 aromatic heterocycles. The minimum Gasteiger partial charge on any atom is -0.456 e. The van der Waals surface area contributed by atoms with Crippen molar-refractivity contribution >= 4 is 119 Å². The Bertz CT molecular complexity index is 1690. The van der Waals surface area contributed by atoms with Crippen LogP contribution in [0.3, 0.4) is 0 Å². The molecule has 4 unspecified atom stereocenters. The smallest absolute Gasteiger partial charge is 0.456 e. The first-order chi connectivity index (χ1) is 28.8. The fourth-order valence-electron chi connectivity index (χ4n) is 5.42. The minimum atomic E-state index is -4.00. The van der Waals surface area contributed by atoms with Crippen molar-refractivity contribution in [2.75, 3.05) is 39.6 Å². The van der Waals surface area contributed by atoms with Crippen molar-refractivity contribution in [2.45, 2.75) is 106 Å². The number of esters is 1. The maximum Gasteiger partial charge on any atom is 0.508 e. The van der Waals surface area contributed by atoms with E-state index in [2.05, 4.69) is 59.7 Å². The van der Waals surface area contributed by atoms with Crippen LogP contribution in [0.25, 0.3) is 0 Å². The van der Waals surface area contributed by atoms with Gasteiger partial charge in [0.2, 0.25) is 11.3 Å². The van der Waals surface area contributed by atoms with Crippen LogP contribution in [0.1, 0.15) is 85.1 Å². The molecule has 2 amide bonds. The van der Waals surface area contributed by atoms with Crippen LogP contribution in [0.2, 0.25) is 0 Å². The number of alkyl halides is 3. The third-order valence-electron chi connectivity index (χ3n) is 8.48. The normalized spacial score (nSPS) is 16.1. The highest BCUT2D eigenvalue weighted by Crippen LogP contribution is 2.56. The number of alkyl carbamates (subject to hydrolysis) is 1. The number of nitrogens with one attached hydrogen (secondary N) is 1. The molecule has 1 heterocycles. The van der Waals surface area contributed by atoms with E-state index in [9.17, 15) is 34.1 Å². The lowest BCUT2D eigenvalue weighted by molar-refractivity contribution is -0.384. The molecule has 2 rings (SSSR count). The average molecular weight is 1120 g/mol. The lowest BCUT2D eigenvalue weighted by atomic mass is 9.81. The standard InChI is InChI=1S/C38H54Br3ClN3O14PS/c1-7-10-17-56-60(57-18-11-8-2,58-19-12-9-3)34(35(48)53-23-28-13-15-29(16-14-28)45(51)52)44-30(32(33(44)47)27(6)59-37(50)54-22-25(4)42)20-31(46)61-26(5)21-43-36(49)55-24-38(39,40)41/h13-16,26-27,30,32H,4,7-12,17-24H2,1-3,5-6H3,(H,43,49). The van der Waals surface area contributed by atoms with Crippen molar-refractivity contribution in [3.05, 3.63) is 51.6 Å². The molecule has 1 aliphatic rings. The van der Waals surface area contributed by atoms with E-state index < -0.39 is 67.2 Å². The first-order valence-electron chi connectivity index (χ1n) is 19.6. The third-order valence-corrected chi connectivity index (χ3v) is 12.8. The summed E-state index contributed by atoms with van der Waals surface area (Å²) in [5.74, 6) is -2.94. The highest BCUT2D eigenvalue weighted by atomic mass is 80.0. The van der Waals surface area contributed by atoms with Crippen LogP contribution in [0.5, 0.6) is 0 Å². The van der Waals surface area contributed by atoms with E-state index in [-0.39, 0.29) is 68.7 Å². The molecule has 1 aliphatic heterocycles. The number of β-lactam (4-membered cyclic amide) rings is 1. The number of nitro benzene ring substituents is 1. The molecule has 0 saturated carbocycles. The van der Waals surface area contributed by atoms with Gasteiger partial charge in [-0.05, 0) is 43.9 Å². The van der Waals surface area contributed by atoms with Crippen LogP contribution in [-0.2, 0) is 53.5 Å². The molecule has 4 atom stereocenters. The number of nitrogens with zero attached hydrogens (tertiary/aromatic N) is 2. The number of ether oxygens (including phenoxy) is 4. The zero-order valence-electron chi connectivity index (χ0n) is 34.7. The minimum absolute atomic E-state index is 0.0244. The largest absolute Gasteiger partial charge is 0.508 e. The number of thioether (sulfide) groups is 1. The maximum atomic E-state index is 14.6. The molecule has 0 radical (unpaired) electrons. The van der Waals surface area contributed by atoms with E-state index in [4.69, 9.17) is 44.1 Å². The highest BCUT2D eigenvalue weighted by molar-refractivity contribution is 9.39. The third kappa shape index (κ3) is 19.2. The van der Waals surface area contributed by atoms with E-state index in [1.165, 1.54) is 31.2 Å². The molecule has 0 spiro atoms. The quantitative estimate of drug-likeness (QED) is 0.0127. The Balaban J connectivity index is 2.71. The van der Waals surface area contributed by atoms with Crippen LogP contribution in [0.4, 0.5) is 15.3 Å². The monoisotopic (exact) mass is 1110 g/mol. The number of rotatable bonds is 27. The summed E-state index contributed by atoms with van der Waals surface area (Å²) >= 11 is 16.4. The number of hydrogen-bond donors (Lipinski definition) is 1. The zero-order chi connectivity index (χ0) is 45.8. The summed E-state index contributed by atoms with van der Waals surface area (Å²) in [6.45, 7) is 12.0. The van der Waals surface area contributed by atoms with Gasteiger partial charge in [-0.3, -0.25) is 24.6 Å². The van der Waals surface area contributed by atoms with Crippen LogP contribution in [0, 0.1) is 16.0 Å². The summed E-state index contributed by atoms with van der Waals surface area (Å²) in [7, 11) is -4.00. The van der Waals surface area contributed by atoms with E-state index in [1.54, 1.807) is 6.92 Å². The molecule has 1 fully saturated rings. The van der Waals surface area contributed by atoms with Gasteiger partial charge in [0.25, 0.3) is 13.3 Å².